The zero-order chi connectivity index (χ0) is 23.6. The lowest BCUT2D eigenvalue weighted by molar-refractivity contribution is -0.175. The minimum absolute atomic E-state index is 0.0417. The van der Waals surface area contributed by atoms with Crippen molar-refractivity contribution in [2.24, 2.45) is 10.8 Å². The maximum atomic E-state index is 12.7. The van der Waals surface area contributed by atoms with E-state index in [1.165, 1.54) is 17.2 Å². The van der Waals surface area contributed by atoms with Gasteiger partial charge in [0.2, 0.25) is 0 Å². The van der Waals surface area contributed by atoms with E-state index < -0.39 is 28.6 Å². The van der Waals surface area contributed by atoms with Crippen LogP contribution >= 0.6 is 0 Å². The molecule has 170 valence electrons. The summed E-state index contributed by atoms with van der Waals surface area (Å²) in [6.45, 7) is 3.62. The van der Waals surface area contributed by atoms with Crippen LogP contribution in [0.25, 0.3) is 11.1 Å². The average Bonchev–Trinajstić information content (AvgIpc) is 3.20. The lowest BCUT2D eigenvalue weighted by Crippen LogP contribution is -2.57. The van der Waals surface area contributed by atoms with Gasteiger partial charge in [-0.15, -0.1) is 0 Å². The number of carbonyl (C=O) groups excluding carboxylic acids is 1. The van der Waals surface area contributed by atoms with E-state index in [0.29, 0.717) is 6.42 Å². The Morgan fingerprint density at radius 2 is 1.79 bits per heavy atom. The van der Waals surface area contributed by atoms with Crippen LogP contribution in [0.1, 0.15) is 36.8 Å². The SMILES string of the molecule is C=CC(=O)C1(C(=O)O)CCC=CC1(CCCOc1cccc2c1Cc1ccccc1-2)C(=O)O. The van der Waals surface area contributed by atoms with Gasteiger partial charge >= 0.3 is 11.9 Å². The van der Waals surface area contributed by atoms with Crippen molar-refractivity contribution in [1.29, 1.82) is 0 Å². The van der Waals surface area contributed by atoms with Crippen molar-refractivity contribution in [2.45, 2.75) is 32.1 Å². The quantitative estimate of drug-likeness (QED) is 0.215. The number of allylic oxidation sites excluding steroid dienone is 2. The second kappa shape index (κ2) is 8.70. The van der Waals surface area contributed by atoms with Crippen molar-refractivity contribution < 1.29 is 29.3 Å². The minimum Gasteiger partial charge on any atom is -0.493 e. The highest BCUT2D eigenvalue weighted by Crippen LogP contribution is 2.52. The van der Waals surface area contributed by atoms with E-state index in [2.05, 4.69) is 24.8 Å². The van der Waals surface area contributed by atoms with Crippen LogP contribution < -0.4 is 4.74 Å². The summed E-state index contributed by atoms with van der Waals surface area (Å²) in [5.41, 5.74) is 0.692. The molecule has 2 N–H and O–H groups in total. The van der Waals surface area contributed by atoms with Gasteiger partial charge in [-0.05, 0) is 54.5 Å². The predicted molar refractivity (Wildman–Crippen MR) is 123 cm³/mol. The van der Waals surface area contributed by atoms with Crippen LogP contribution in [0, 0.1) is 10.8 Å². The van der Waals surface area contributed by atoms with E-state index in [4.69, 9.17) is 4.74 Å². The number of hydrogen-bond donors (Lipinski definition) is 2. The highest BCUT2D eigenvalue weighted by atomic mass is 16.5. The van der Waals surface area contributed by atoms with Gasteiger partial charge in [-0.2, -0.15) is 0 Å². The number of hydrogen-bond acceptors (Lipinski definition) is 4. The van der Waals surface area contributed by atoms with E-state index in [0.717, 1.165) is 29.4 Å². The molecular weight excluding hydrogens is 420 g/mol. The van der Waals surface area contributed by atoms with Gasteiger partial charge < -0.3 is 14.9 Å². The highest BCUT2D eigenvalue weighted by molar-refractivity contribution is 6.13. The average molecular weight is 446 g/mol. The Morgan fingerprint density at radius 1 is 1.03 bits per heavy atom. The van der Waals surface area contributed by atoms with E-state index in [9.17, 15) is 24.6 Å². The second-order valence-electron chi connectivity index (χ2n) is 8.56. The number of ketones is 1. The number of aliphatic carboxylic acids is 2. The van der Waals surface area contributed by atoms with E-state index in [-0.39, 0.29) is 25.9 Å². The predicted octanol–water partition coefficient (Wildman–Crippen LogP) is 4.66. The van der Waals surface area contributed by atoms with Crippen molar-refractivity contribution in [3.63, 3.8) is 0 Å². The topological polar surface area (TPSA) is 101 Å². The minimum atomic E-state index is -2.08. The third kappa shape index (κ3) is 3.46. The van der Waals surface area contributed by atoms with Crippen LogP contribution in [0.2, 0.25) is 0 Å². The van der Waals surface area contributed by atoms with Crippen molar-refractivity contribution in [2.75, 3.05) is 6.61 Å². The third-order valence-corrected chi connectivity index (χ3v) is 6.98. The molecule has 2 aromatic rings. The molecule has 4 rings (SSSR count). The summed E-state index contributed by atoms with van der Waals surface area (Å²) in [6.07, 6.45) is 5.17. The molecule has 0 aliphatic heterocycles. The molecule has 2 unspecified atom stereocenters. The number of carboxylic acid groups (broad SMARTS) is 2. The molecule has 0 amide bonds. The number of carbonyl (C=O) groups is 3. The lowest BCUT2D eigenvalue weighted by atomic mass is 9.54. The molecule has 0 aromatic heterocycles. The molecule has 2 atom stereocenters. The molecule has 0 fully saturated rings. The Kier molecular flexibility index (Phi) is 5.93. The molecule has 2 aliphatic carbocycles. The van der Waals surface area contributed by atoms with Crippen molar-refractivity contribution in [1.82, 2.24) is 0 Å². The Balaban J connectivity index is 1.54. The first-order valence-electron chi connectivity index (χ1n) is 11.0. The lowest BCUT2D eigenvalue weighted by Gasteiger charge is -2.43. The summed E-state index contributed by atoms with van der Waals surface area (Å²) in [4.78, 5) is 37.4. The summed E-state index contributed by atoms with van der Waals surface area (Å²) in [6, 6.07) is 14.1. The van der Waals surface area contributed by atoms with Gasteiger partial charge in [0.25, 0.3) is 0 Å². The standard InChI is InChI=1S/C27H26O6/c1-2-23(28)27(25(31)32)15-6-5-13-26(27,24(29)30)14-8-16-33-22-12-7-11-20-19-10-4-3-9-18(19)17-21(20)22/h2-5,7,9-13H,1,6,8,14-17H2,(H,29,30)(H,31,32). The van der Waals surface area contributed by atoms with E-state index in [1.54, 1.807) is 6.08 Å². The fourth-order valence-corrected chi connectivity index (χ4v) is 5.32. The van der Waals surface area contributed by atoms with Gasteiger partial charge in [0, 0.05) is 12.0 Å². The van der Waals surface area contributed by atoms with Crippen LogP contribution in [0.5, 0.6) is 5.75 Å². The number of benzene rings is 2. The fourth-order valence-electron chi connectivity index (χ4n) is 5.32. The van der Waals surface area contributed by atoms with E-state index >= 15 is 0 Å². The maximum Gasteiger partial charge on any atom is 0.319 e. The first kappa shape index (κ1) is 22.5. The first-order valence-corrected chi connectivity index (χ1v) is 11.0. The van der Waals surface area contributed by atoms with Gasteiger partial charge in [0.15, 0.2) is 5.78 Å². The van der Waals surface area contributed by atoms with Crippen LogP contribution in [-0.4, -0.2) is 34.5 Å². The number of carboxylic acids is 2. The van der Waals surface area contributed by atoms with Crippen LogP contribution in [-0.2, 0) is 20.8 Å². The monoisotopic (exact) mass is 446 g/mol. The van der Waals surface area contributed by atoms with Crippen LogP contribution in [0.3, 0.4) is 0 Å². The summed E-state index contributed by atoms with van der Waals surface area (Å²) in [5, 5.41) is 20.1. The van der Waals surface area contributed by atoms with Crippen LogP contribution in [0.4, 0.5) is 0 Å². The molecule has 0 saturated carbocycles. The molecule has 6 heteroatoms. The summed E-state index contributed by atoms with van der Waals surface area (Å²) < 4.78 is 6.04. The Hall–Kier alpha value is -3.67. The zero-order valence-corrected chi connectivity index (χ0v) is 18.3. The maximum absolute atomic E-state index is 12.7. The van der Waals surface area contributed by atoms with Gasteiger partial charge in [-0.1, -0.05) is 55.1 Å². The normalized spacial score (nSPS) is 22.8. The molecule has 0 spiro atoms. The molecule has 2 aromatic carbocycles. The molecule has 0 heterocycles. The van der Waals surface area contributed by atoms with E-state index in [1.807, 2.05) is 24.3 Å². The van der Waals surface area contributed by atoms with Crippen molar-refractivity contribution in [3.05, 3.63) is 78.4 Å². The fraction of sp³-hybridized carbons (Fsp3) is 0.296. The molecule has 6 nitrogen and oxygen atoms in total. The zero-order valence-electron chi connectivity index (χ0n) is 18.3. The summed E-state index contributed by atoms with van der Waals surface area (Å²) in [5.74, 6) is -2.80. The largest absolute Gasteiger partial charge is 0.493 e. The molecule has 0 bridgehead atoms. The Morgan fingerprint density at radius 3 is 2.52 bits per heavy atom. The molecule has 0 saturated heterocycles. The summed E-state index contributed by atoms with van der Waals surface area (Å²) >= 11 is 0. The Labute approximate surface area is 192 Å². The molecule has 33 heavy (non-hydrogen) atoms. The van der Waals surface area contributed by atoms with Crippen molar-refractivity contribution in [3.8, 4) is 16.9 Å². The molecule has 2 aliphatic rings. The first-order chi connectivity index (χ1) is 15.9. The molecular formula is C27H26O6. The van der Waals surface area contributed by atoms with Crippen molar-refractivity contribution >= 4 is 17.7 Å². The van der Waals surface area contributed by atoms with Gasteiger partial charge in [-0.25, -0.2) is 0 Å². The summed E-state index contributed by atoms with van der Waals surface area (Å²) in [7, 11) is 0. The van der Waals surface area contributed by atoms with Gasteiger partial charge in [-0.3, -0.25) is 14.4 Å². The number of ether oxygens (including phenoxy) is 1. The highest BCUT2D eigenvalue weighted by Gasteiger charge is 2.64. The number of fused-ring (bicyclic) bond motifs is 3. The van der Waals surface area contributed by atoms with Gasteiger partial charge in [0.1, 0.15) is 16.6 Å². The smallest absolute Gasteiger partial charge is 0.319 e. The molecule has 0 radical (unpaired) electrons. The number of rotatable bonds is 9. The van der Waals surface area contributed by atoms with Crippen LogP contribution in [0.15, 0.2) is 67.3 Å². The second-order valence-corrected chi connectivity index (χ2v) is 8.56. The Bertz CT molecular complexity index is 1160. The third-order valence-electron chi connectivity index (χ3n) is 6.98. The van der Waals surface area contributed by atoms with Gasteiger partial charge in [0.05, 0.1) is 6.61 Å².